The number of para-hydroxylation sites is 1. The van der Waals surface area contributed by atoms with Crippen LogP contribution in [0.4, 0.5) is 0 Å². The molecule has 1 amide bonds. The molecule has 37 heavy (non-hydrogen) atoms. The Labute approximate surface area is 219 Å². The first-order chi connectivity index (χ1) is 18.1. The number of aryl methyl sites for hydroxylation is 2. The topological polar surface area (TPSA) is 71.5 Å². The highest BCUT2D eigenvalue weighted by Gasteiger charge is 2.37. The van der Waals surface area contributed by atoms with Gasteiger partial charge in [-0.05, 0) is 68.2 Å². The zero-order chi connectivity index (χ0) is 25.5. The summed E-state index contributed by atoms with van der Waals surface area (Å²) in [5.74, 6) is 1.07. The van der Waals surface area contributed by atoms with Gasteiger partial charge in [0.2, 0.25) is 0 Å². The number of ether oxygens (including phenoxy) is 1. The number of benzene rings is 1. The van der Waals surface area contributed by atoms with Crippen molar-refractivity contribution < 1.29 is 9.53 Å². The first kappa shape index (κ1) is 25.3. The molecule has 0 aliphatic carbocycles. The zero-order valence-electron chi connectivity index (χ0n) is 21.8. The Balaban J connectivity index is 1.33. The molecule has 2 aliphatic heterocycles. The van der Waals surface area contributed by atoms with Crippen molar-refractivity contribution in [1.29, 1.82) is 0 Å². The van der Waals surface area contributed by atoms with Crippen LogP contribution >= 0.6 is 0 Å². The number of hydrogen-bond donors (Lipinski definition) is 0. The highest BCUT2D eigenvalue weighted by molar-refractivity contribution is 5.94. The molecular formula is C30H37N5O2. The van der Waals surface area contributed by atoms with Crippen LogP contribution in [0.1, 0.15) is 59.4 Å². The maximum Gasteiger partial charge on any atom is 0.257 e. The number of hydrogen-bond acceptors (Lipinski definition) is 6. The van der Waals surface area contributed by atoms with Crippen molar-refractivity contribution in [3.8, 4) is 5.75 Å². The van der Waals surface area contributed by atoms with Crippen LogP contribution in [-0.2, 0) is 13.0 Å². The lowest BCUT2D eigenvalue weighted by Gasteiger charge is -2.45. The molecule has 0 atom stereocenters. The van der Waals surface area contributed by atoms with Crippen LogP contribution in [0.15, 0.2) is 61.2 Å². The summed E-state index contributed by atoms with van der Waals surface area (Å²) in [6, 6.07) is 14.6. The van der Waals surface area contributed by atoms with Crippen LogP contribution in [0.2, 0.25) is 0 Å². The average Bonchev–Trinajstić information content (AvgIpc) is 2.92. The summed E-state index contributed by atoms with van der Waals surface area (Å²) >= 11 is 0. The standard InChI is InChI=1S/C30H37N5O2/c1-24-27(20-31-23-33-24)29(36)35-16-13-30(14-17-35)12-6-4-9-25-8-2-3-11-28(25)37-19-18-34(22-30)21-26-10-5-7-15-32-26/h2-3,5,7-8,10-11,15,20,23H,4,6,9,12-14,16-19,21-22H2,1H3. The average molecular weight is 500 g/mol. The molecule has 0 radical (unpaired) electrons. The number of rotatable bonds is 3. The minimum absolute atomic E-state index is 0.0523. The van der Waals surface area contributed by atoms with Crippen LogP contribution < -0.4 is 4.74 Å². The van der Waals surface area contributed by atoms with Crippen molar-refractivity contribution in [2.75, 3.05) is 32.8 Å². The van der Waals surface area contributed by atoms with Gasteiger partial charge in [0.1, 0.15) is 18.7 Å². The molecule has 1 saturated heterocycles. The largest absolute Gasteiger partial charge is 0.492 e. The molecule has 2 aliphatic rings. The second-order valence-electron chi connectivity index (χ2n) is 10.5. The van der Waals surface area contributed by atoms with Crippen molar-refractivity contribution in [3.63, 3.8) is 0 Å². The zero-order valence-corrected chi connectivity index (χ0v) is 21.8. The third-order valence-electron chi connectivity index (χ3n) is 7.96. The summed E-state index contributed by atoms with van der Waals surface area (Å²) in [4.78, 5) is 30.6. The van der Waals surface area contributed by atoms with Crippen molar-refractivity contribution in [2.24, 2.45) is 5.41 Å². The Morgan fingerprint density at radius 2 is 1.84 bits per heavy atom. The number of carbonyl (C=O) groups is 1. The fourth-order valence-corrected chi connectivity index (χ4v) is 5.80. The summed E-state index contributed by atoms with van der Waals surface area (Å²) in [6.45, 7) is 6.70. The van der Waals surface area contributed by atoms with Gasteiger partial charge in [-0.1, -0.05) is 30.7 Å². The van der Waals surface area contributed by atoms with Crippen molar-refractivity contribution in [2.45, 2.75) is 52.0 Å². The van der Waals surface area contributed by atoms with Gasteiger partial charge in [-0.15, -0.1) is 0 Å². The molecule has 5 rings (SSSR count). The first-order valence-electron chi connectivity index (χ1n) is 13.5. The number of nitrogens with zero attached hydrogens (tertiary/aromatic N) is 5. The van der Waals surface area contributed by atoms with E-state index in [0.29, 0.717) is 12.2 Å². The normalized spacial score (nSPS) is 18.8. The van der Waals surface area contributed by atoms with Gasteiger partial charge in [-0.3, -0.25) is 14.7 Å². The lowest BCUT2D eigenvalue weighted by atomic mass is 9.73. The van der Waals surface area contributed by atoms with Gasteiger partial charge >= 0.3 is 0 Å². The SMILES string of the molecule is Cc1ncncc1C(=O)N1CCC2(CCCCc3ccccc3OCCN(Cc3ccccn3)C2)CC1. The van der Waals surface area contributed by atoms with E-state index in [-0.39, 0.29) is 11.3 Å². The molecule has 194 valence electrons. The Morgan fingerprint density at radius 1 is 1.00 bits per heavy atom. The van der Waals surface area contributed by atoms with Gasteiger partial charge in [-0.2, -0.15) is 0 Å². The summed E-state index contributed by atoms with van der Waals surface area (Å²) < 4.78 is 6.29. The van der Waals surface area contributed by atoms with E-state index in [1.54, 1.807) is 6.20 Å². The number of pyridine rings is 1. The number of piperidine rings is 1. The van der Waals surface area contributed by atoms with E-state index < -0.39 is 0 Å². The quantitative estimate of drug-likeness (QED) is 0.520. The molecule has 0 N–H and O–H groups in total. The van der Waals surface area contributed by atoms with Crippen molar-refractivity contribution >= 4 is 5.91 Å². The van der Waals surface area contributed by atoms with Crippen molar-refractivity contribution in [3.05, 3.63) is 83.7 Å². The van der Waals surface area contributed by atoms with E-state index in [1.807, 2.05) is 24.1 Å². The Bertz CT molecular complexity index is 1180. The summed E-state index contributed by atoms with van der Waals surface area (Å²) in [5.41, 5.74) is 3.91. The smallest absolute Gasteiger partial charge is 0.257 e. The molecular weight excluding hydrogens is 462 g/mol. The Morgan fingerprint density at radius 3 is 2.65 bits per heavy atom. The van der Waals surface area contributed by atoms with Crippen LogP contribution in [0.5, 0.6) is 5.75 Å². The highest BCUT2D eigenvalue weighted by atomic mass is 16.5. The summed E-state index contributed by atoms with van der Waals surface area (Å²) in [7, 11) is 0. The molecule has 0 saturated carbocycles. The van der Waals surface area contributed by atoms with E-state index in [4.69, 9.17) is 4.74 Å². The molecule has 3 aromatic rings. The van der Waals surface area contributed by atoms with Crippen LogP contribution in [-0.4, -0.2) is 63.4 Å². The van der Waals surface area contributed by atoms with Crippen molar-refractivity contribution in [1.82, 2.24) is 24.8 Å². The minimum Gasteiger partial charge on any atom is -0.492 e. The fourth-order valence-electron chi connectivity index (χ4n) is 5.80. The first-order valence-corrected chi connectivity index (χ1v) is 13.5. The predicted octanol–water partition coefficient (Wildman–Crippen LogP) is 4.71. The Kier molecular flexibility index (Phi) is 8.09. The molecule has 1 aromatic carbocycles. The number of amides is 1. The number of carbonyl (C=O) groups excluding carboxylic acids is 1. The summed E-state index contributed by atoms with van der Waals surface area (Å²) in [6.07, 6.45) is 11.6. The number of aromatic nitrogens is 3. The molecule has 2 aromatic heterocycles. The monoisotopic (exact) mass is 499 g/mol. The van der Waals surface area contributed by atoms with E-state index in [1.165, 1.54) is 24.7 Å². The maximum absolute atomic E-state index is 13.2. The third-order valence-corrected chi connectivity index (χ3v) is 7.96. The molecule has 7 heteroatoms. The number of likely N-dealkylation sites (tertiary alicyclic amines) is 1. The van der Waals surface area contributed by atoms with E-state index >= 15 is 0 Å². The van der Waals surface area contributed by atoms with Gasteiger partial charge < -0.3 is 9.64 Å². The molecule has 4 heterocycles. The second-order valence-corrected chi connectivity index (χ2v) is 10.5. The van der Waals surface area contributed by atoms with E-state index in [2.05, 4.69) is 56.3 Å². The number of fused-ring (bicyclic) bond motifs is 1. The minimum atomic E-state index is 0.0523. The lowest BCUT2D eigenvalue weighted by Crippen LogP contribution is -2.48. The molecule has 1 spiro atoms. The van der Waals surface area contributed by atoms with Gasteiger partial charge in [0.15, 0.2) is 0 Å². The van der Waals surface area contributed by atoms with Gasteiger partial charge in [0, 0.05) is 45.1 Å². The molecule has 0 unspecified atom stereocenters. The van der Waals surface area contributed by atoms with Crippen LogP contribution in [0.3, 0.4) is 0 Å². The Hall–Kier alpha value is -3.32. The van der Waals surface area contributed by atoms with Crippen LogP contribution in [0.25, 0.3) is 0 Å². The molecule has 0 bridgehead atoms. The molecule has 1 fully saturated rings. The predicted molar refractivity (Wildman–Crippen MR) is 143 cm³/mol. The fraction of sp³-hybridized carbons (Fsp3) is 0.467. The van der Waals surface area contributed by atoms with Gasteiger partial charge in [0.05, 0.1) is 17.0 Å². The van der Waals surface area contributed by atoms with Gasteiger partial charge in [0.25, 0.3) is 5.91 Å². The second kappa shape index (κ2) is 11.8. The van der Waals surface area contributed by atoms with Gasteiger partial charge in [-0.25, -0.2) is 9.97 Å². The highest BCUT2D eigenvalue weighted by Crippen LogP contribution is 2.39. The maximum atomic E-state index is 13.2. The van der Waals surface area contributed by atoms with E-state index in [9.17, 15) is 4.79 Å². The molecule has 7 nitrogen and oxygen atoms in total. The lowest BCUT2D eigenvalue weighted by molar-refractivity contribution is 0.0357. The van der Waals surface area contributed by atoms with Crippen LogP contribution in [0, 0.1) is 12.3 Å². The third kappa shape index (κ3) is 6.34. The summed E-state index contributed by atoms with van der Waals surface area (Å²) in [5, 5.41) is 0. The van der Waals surface area contributed by atoms with E-state index in [0.717, 1.165) is 75.5 Å².